The molecule has 0 aromatic heterocycles. The highest BCUT2D eigenvalue weighted by Gasteiger charge is 2.35. The third-order valence-corrected chi connectivity index (χ3v) is 3.90. The number of carbonyl (C=O) groups excluding carboxylic acids is 3. The van der Waals surface area contributed by atoms with Gasteiger partial charge in [0.1, 0.15) is 8.96 Å². The van der Waals surface area contributed by atoms with Gasteiger partial charge in [0.2, 0.25) is 5.91 Å². The molecule has 1 aliphatic heterocycles. The van der Waals surface area contributed by atoms with E-state index in [1.54, 1.807) is 0 Å². The van der Waals surface area contributed by atoms with Gasteiger partial charge in [-0.1, -0.05) is 0 Å². The molecule has 0 bridgehead atoms. The van der Waals surface area contributed by atoms with Crippen molar-refractivity contribution in [3.8, 4) is 0 Å². The minimum Gasteiger partial charge on any atom is -0.359 e. The van der Waals surface area contributed by atoms with Gasteiger partial charge in [-0.2, -0.15) is 0 Å². The van der Waals surface area contributed by atoms with Gasteiger partial charge in [0, 0.05) is 20.0 Å². The highest BCUT2D eigenvalue weighted by Crippen LogP contribution is 2.29. The molecule has 0 aliphatic carbocycles. The summed E-state index contributed by atoms with van der Waals surface area (Å²) in [6.07, 6.45) is 0.106. The first-order chi connectivity index (χ1) is 6.99. The lowest BCUT2D eigenvalue weighted by atomic mass is 10.3. The summed E-state index contributed by atoms with van der Waals surface area (Å²) in [7, 11) is 1.50. The monoisotopic (exact) mass is 338 g/mol. The van der Waals surface area contributed by atoms with Crippen molar-refractivity contribution in [2.75, 3.05) is 13.6 Å². The summed E-state index contributed by atoms with van der Waals surface area (Å²) in [6.45, 7) is 0.0849. The quantitative estimate of drug-likeness (QED) is 0.761. The zero-order valence-electron chi connectivity index (χ0n) is 7.84. The van der Waals surface area contributed by atoms with Crippen LogP contribution in [0.1, 0.15) is 6.42 Å². The van der Waals surface area contributed by atoms with Crippen molar-refractivity contribution < 1.29 is 14.4 Å². The Labute approximate surface area is 103 Å². The van der Waals surface area contributed by atoms with Crippen molar-refractivity contribution in [1.82, 2.24) is 10.2 Å². The summed E-state index contributed by atoms with van der Waals surface area (Å²) in [4.78, 5) is 34.9. The second-order valence-corrected chi connectivity index (χ2v) is 4.40. The van der Waals surface area contributed by atoms with Crippen LogP contribution in [0.2, 0.25) is 0 Å². The molecular weight excluding hydrogens is 332 g/mol. The van der Waals surface area contributed by atoms with E-state index in [-0.39, 0.29) is 27.8 Å². The van der Waals surface area contributed by atoms with E-state index in [1.807, 2.05) is 0 Å². The van der Waals surface area contributed by atoms with Crippen LogP contribution in [-0.2, 0) is 14.4 Å². The lowest BCUT2D eigenvalue weighted by Gasteiger charge is -2.12. The predicted octanol–water partition coefficient (Wildman–Crippen LogP) is 0.493. The minimum atomic E-state index is -0.421. The SMILES string of the molecule is CNC(=O)CCN1C(=O)C(Br)=C(Br)C1=O. The summed E-state index contributed by atoms with van der Waals surface area (Å²) >= 11 is 5.99. The summed E-state index contributed by atoms with van der Waals surface area (Å²) in [5.41, 5.74) is 0. The van der Waals surface area contributed by atoms with Crippen LogP contribution in [0.5, 0.6) is 0 Å². The van der Waals surface area contributed by atoms with Gasteiger partial charge in [-0.3, -0.25) is 19.3 Å². The second-order valence-electron chi connectivity index (χ2n) is 2.81. The minimum absolute atomic E-state index is 0.0849. The van der Waals surface area contributed by atoms with Crippen LogP contribution < -0.4 is 5.32 Å². The topological polar surface area (TPSA) is 66.5 Å². The maximum absolute atomic E-state index is 11.5. The maximum atomic E-state index is 11.5. The van der Waals surface area contributed by atoms with Gasteiger partial charge >= 0.3 is 0 Å². The number of halogens is 2. The molecule has 1 N–H and O–H groups in total. The van der Waals surface area contributed by atoms with Crippen molar-refractivity contribution in [2.45, 2.75) is 6.42 Å². The Morgan fingerprint density at radius 3 is 2.13 bits per heavy atom. The van der Waals surface area contributed by atoms with Gasteiger partial charge in [0.15, 0.2) is 0 Å². The number of nitrogens with zero attached hydrogens (tertiary/aromatic N) is 1. The second kappa shape index (κ2) is 4.89. The van der Waals surface area contributed by atoms with Gasteiger partial charge in [-0.25, -0.2) is 0 Å². The van der Waals surface area contributed by atoms with Crippen LogP contribution in [0.15, 0.2) is 8.96 Å². The Bertz CT molecular complexity index is 341. The van der Waals surface area contributed by atoms with Gasteiger partial charge in [0.25, 0.3) is 11.8 Å². The van der Waals surface area contributed by atoms with E-state index in [0.717, 1.165) is 4.90 Å². The standard InChI is InChI=1S/C8H8Br2N2O3/c1-11-4(13)2-3-12-7(14)5(9)6(10)8(12)15/h2-3H2,1H3,(H,11,13). The van der Waals surface area contributed by atoms with Gasteiger partial charge in [0.05, 0.1) is 0 Å². The van der Waals surface area contributed by atoms with E-state index in [0.29, 0.717) is 0 Å². The van der Waals surface area contributed by atoms with E-state index >= 15 is 0 Å². The van der Waals surface area contributed by atoms with Crippen molar-refractivity contribution in [3.63, 3.8) is 0 Å². The summed E-state index contributed by atoms with van der Waals surface area (Å²) < 4.78 is 0.397. The number of carbonyl (C=O) groups is 3. The highest BCUT2D eigenvalue weighted by molar-refractivity contribution is 9.14. The Morgan fingerprint density at radius 1 is 1.27 bits per heavy atom. The molecule has 0 saturated carbocycles. The molecule has 15 heavy (non-hydrogen) atoms. The molecule has 3 amide bonds. The van der Waals surface area contributed by atoms with E-state index in [2.05, 4.69) is 37.2 Å². The average Bonchev–Trinajstić information content (AvgIpc) is 2.41. The number of nitrogens with one attached hydrogen (secondary N) is 1. The lowest BCUT2D eigenvalue weighted by Crippen LogP contribution is -2.34. The molecule has 0 atom stereocenters. The Morgan fingerprint density at radius 2 is 1.73 bits per heavy atom. The molecule has 0 saturated heterocycles. The fraction of sp³-hybridized carbons (Fsp3) is 0.375. The van der Waals surface area contributed by atoms with Crippen LogP contribution in [0.4, 0.5) is 0 Å². The van der Waals surface area contributed by atoms with Crippen LogP contribution >= 0.6 is 31.9 Å². The van der Waals surface area contributed by atoms with Gasteiger partial charge in [-0.15, -0.1) is 0 Å². The molecule has 5 nitrogen and oxygen atoms in total. The highest BCUT2D eigenvalue weighted by atomic mass is 79.9. The van der Waals surface area contributed by atoms with Crippen LogP contribution in [-0.4, -0.2) is 36.2 Å². The molecule has 0 fully saturated rings. The third kappa shape index (κ3) is 2.46. The van der Waals surface area contributed by atoms with E-state index in [4.69, 9.17) is 0 Å². The Kier molecular flexibility index (Phi) is 4.04. The van der Waals surface area contributed by atoms with Crippen molar-refractivity contribution >= 4 is 49.6 Å². The fourth-order valence-electron chi connectivity index (χ4n) is 1.06. The number of imide groups is 1. The van der Waals surface area contributed by atoms with Crippen molar-refractivity contribution in [2.24, 2.45) is 0 Å². The van der Waals surface area contributed by atoms with E-state index < -0.39 is 11.8 Å². The zero-order valence-corrected chi connectivity index (χ0v) is 11.0. The number of amides is 3. The molecular formula is C8H8Br2N2O3. The van der Waals surface area contributed by atoms with Crippen LogP contribution in [0.25, 0.3) is 0 Å². The van der Waals surface area contributed by atoms with E-state index in [9.17, 15) is 14.4 Å². The molecule has 7 heteroatoms. The smallest absolute Gasteiger partial charge is 0.269 e. The summed E-state index contributed by atoms with van der Waals surface area (Å²) in [5.74, 6) is -1.05. The lowest BCUT2D eigenvalue weighted by molar-refractivity contribution is -0.137. The first-order valence-electron chi connectivity index (χ1n) is 4.11. The zero-order chi connectivity index (χ0) is 11.6. The number of rotatable bonds is 3. The fourth-order valence-corrected chi connectivity index (χ4v) is 1.83. The van der Waals surface area contributed by atoms with Gasteiger partial charge in [-0.05, 0) is 31.9 Å². The van der Waals surface area contributed by atoms with Crippen LogP contribution in [0.3, 0.4) is 0 Å². The first kappa shape index (κ1) is 12.4. The van der Waals surface area contributed by atoms with Crippen molar-refractivity contribution in [3.05, 3.63) is 8.96 Å². The normalized spacial score (nSPS) is 16.3. The predicted molar refractivity (Wildman–Crippen MR) is 60.3 cm³/mol. The molecule has 0 aromatic carbocycles. The molecule has 82 valence electrons. The molecule has 0 unspecified atom stereocenters. The summed E-state index contributed by atoms with van der Waals surface area (Å²) in [5, 5.41) is 2.42. The molecule has 0 spiro atoms. The Hall–Kier alpha value is -0.690. The number of hydrogen-bond donors (Lipinski definition) is 1. The maximum Gasteiger partial charge on any atom is 0.269 e. The third-order valence-electron chi connectivity index (χ3n) is 1.90. The first-order valence-corrected chi connectivity index (χ1v) is 5.69. The molecule has 1 rings (SSSR count). The summed E-state index contributed by atoms with van der Waals surface area (Å²) in [6, 6.07) is 0. The van der Waals surface area contributed by atoms with Crippen LogP contribution in [0, 0.1) is 0 Å². The number of hydrogen-bond acceptors (Lipinski definition) is 3. The largest absolute Gasteiger partial charge is 0.359 e. The average molecular weight is 340 g/mol. The molecule has 1 aliphatic rings. The molecule has 1 heterocycles. The molecule has 0 radical (unpaired) electrons. The molecule has 0 aromatic rings. The van der Waals surface area contributed by atoms with E-state index in [1.165, 1.54) is 7.05 Å². The van der Waals surface area contributed by atoms with Crippen molar-refractivity contribution in [1.29, 1.82) is 0 Å². The Balaban J connectivity index is 2.64. The van der Waals surface area contributed by atoms with Gasteiger partial charge < -0.3 is 5.32 Å².